The monoisotopic (exact) mass is 229 g/mol. The molecule has 3 heteroatoms. The fourth-order valence-electron chi connectivity index (χ4n) is 1.48. The van der Waals surface area contributed by atoms with E-state index in [2.05, 4.69) is 4.99 Å². The van der Waals surface area contributed by atoms with Crippen LogP contribution in [0.4, 0.5) is 10.1 Å². The van der Waals surface area contributed by atoms with Crippen LogP contribution in [0.5, 0.6) is 5.75 Å². The number of aliphatic imine (C=N–C) groups is 1. The Bertz CT molecular complexity index is 564. The van der Waals surface area contributed by atoms with E-state index >= 15 is 0 Å². The topological polar surface area (TPSA) is 32.6 Å². The number of nitrogens with zero attached hydrogens (tertiary/aromatic N) is 1. The third-order valence-electron chi connectivity index (χ3n) is 2.34. The Labute approximate surface area is 99.1 Å². The van der Waals surface area contributed by atoms with Gasteiger partial charge >= 0.3 is 0 Å². The van der Waals surface area contributed by atoms with Crippen LogP contribution in [0, 0.1) is 12.7 Å². The summed E-state index contributed by atoms with van der Waals surface area (Å²) in [4.78, 5) is 4.19. The van der Waals surface area contributed by atoms with E-state index in [-0.39, 0.29) is 5.75 Å². The molecule has 0 aliphatic rings. The predicted molar refractivity (Wildman–Crippen MR) is 66.5 cm³/mol. The first-order chi connectivity index (χ1) is 8.15. The summed E-state index contributed by atoms with van der Waals surface area (Å²) in [7, 11) is 0. The second kappa shape index (κ2) is 4.78. The molecule has 2 rings (SSSR count). The quantitative estimate of drug-likeness (QED) is 0.784. The molecule has 86 valence electrons. The van der Waals surface area contributed by atoms with Crippen LogP contribution in [0.3, 0.4) is 0 Å². The van der Waals surface area contributed by atoms with Crippen molar-refractivity contribution in [2.75, 3.05) is 0 Å². The van der Waals surface area contributed by atoms with Gasteiger partial charge in [0.1, 0.15) is 11.6 Å². The Kier molecular flexibility index (Phi) is 3.19. The van der Waals surface area contributed by atoms with Gasteiger partial charge in [-0.05, 0) is 42.8 Å². The molecule has 0 atom stereocenters. The Hall–Kier alpha value is -2.16. The molecule has 0 saturated carbocycles. The van der Waals surface area contributed by atoms with Crippen LogP contribution in [0.2, 0.25) is 0 Å². The van der Waals surface area contributed by atoms with Crippen molar-refractivity contribution in [2.24, 2.45) is 4.99 Å². The van der Waals surface area contributed by atoms with Crippen molar-refractivity contribution in [3.05, 3.63) is 59.4 Å². The summed E-state index contributed by atoms with van der Waals surface area (Å²) in [5.74, 6) is -0.378. The highest BCUT2D eigenvalue weighted by molar-refractivity contribution is 5.85. The van der Waals surface area contributed by atoms with Gasteiger partial charge in [-0.15, -0.1) is 0 Å². The lowest BCUT2D eigenvalue weighted by Gasteiger charge is -1.99. The highest BCUT2D eigenvalue weighted by atomic mass is 19.1. The van der Waals surface area contributed by atoms with Gasteiger partial charge in [0.25, 0.3) is 0 Å². The van der Waals surface area contributed by atoms with Crippen LogP contribution in [-0.2, 0) is 0 Å². The van der Waals surface area contributed by atoms with E-state index in [0.717, 1.165) is 11.3 Å². The SMILES string of the molecule is Cc1cccc(N=Cc2cc(F)ccc2O)c1. The van der Waals surface area contributed by atoms with E-state index in [1.807, 2.05) is 31.2 Å². The number of aryl methyl sites for hydroxylation is 1. The van der Waals surface area contributed by atoms with Crippen LogP contribution < -0.4 is 0 Å². The molecule has 2 nitrogen and oxygen atoms in total. The van der Waals surface area contributed by atoms with Crippen LogP contribution in [-0.4, -0.2) is 11.3 Å². The fraction of sp³-hybridized carbons (Fsp3) is 0.0714. The van der Waals surface area contributed by atoms with Gasteiger partial charge in [-0.3, -0.25) is 4.99 Å². The second-order valence-electron chi connectivity index (χ2n) is 3.80. The van der Waals surface area contributed by atoms with Crippen molar-refractivity contribution in [3.63, 3.8) is 0 Å². The van der Waals surface area contributed by atoms with Crippen molar-refractivity contribution in [1.82, 2.24) is 0 Å². The molecule has 0 amide bonds. The number of rotatable bonds is 2. The highest BCUT2D eigenvalue weighted by Gasteiger charge is 1.99. The minimum Gasteiger partial charge on any atom is -0.507 e. The van der Waals surface area contributed by atoms with Gasteiger partial charge < -0.3 is 5.11 Å². The zero-order valence-electron chi connectivity index (χ0n) is 9.39. The Balaban J connectivity index is 2.29. The third kappa shape index (κ3) is 2.91. The number of hydrogen-bond acceptors (Lipinski definition) is 2. The average molecular weight is 229 g/mol. The summed E-state index contributed by atoms with van der Waals surface area (Å²) in [6, 6.07) is 11.4. The van der Waals surface area contributed by atoms with Gasteiger partial charge in [0.15, 0.2) is 0 Å². The Morgan fingerprint density at radius 1 is 1.18 bits per heavy atom. The highest BCUT2D eigenvalue weighted by Crippen LogP contribution is 2.18. The molecule has 0 fully saturated rings. The van der Waals surface area contributed by atoms with Crippen LogP contribution in [0.1, 0.15) is 11.1 Å². The zero-order chi connectivity index (χ0) is 12.3. The summed E-state index contributed by atoms with van der Waals surface area (Å²) < 4.78 is 13.0. The number of hydrogen-bond donors (Lipinski definition) is 1. The van der Waals surface area contributed by atoms with Crippen molar-refractivity contribution in [3.8, 4) is 5.75 Å². The van der Waals surface area contributed by atoms with Crippen LogP contribution in [0.25, 0.3) is 0 Å². The first kappa shape index (κ1) is 11.3. The minimum absolute atomic E-state index is 0.0165. The summed E-state index contributed by atoms with van der Waals surface area (Å²) in [5, 5.41) is 9.51. The minimum atomic E-state index is -0.395. The lowest BCUT2D eigenvalue weighted by molar-refractivity contribution is 0.472. The lowest BCUT2D eigenvalue weighted by atomic mass is 10.2. The molecule has 0 radical (unpaired) electrons. The molecule has 2 aromatic rings. The molecule has 0 aromatic heterocycles. The molecule has 0 aliphatic heterocycles. The van der Waals surface area contributed by atoms with Crippen molar-refractivity contribution in [1.29, 1.82) is 0 Å². The average Bonchev–Trinajstić information content (AvgIpc) is 2.30. The summed E-state index contributed by atoms with van der Waals surface area (Å²) in [6.07, 6.45) is 1.45. The molecule has 0 aliphatic carbocycles. The summed E-state index contributed by atoms with van der Waals surface area (Å²) in [6.45, 7) is 1.97. The standard InChI is InChI=1S/C14H12FNO/c1-10-3-2-4-13(7-10)16-9-11-8-12(15)5-6-14(11)17/h2-9,17H,1H3. The molecule has 0 heterocycles. The van der Waals surface area contributed by atoms with Gasteiger partial charge in [0, 0.05) is 11.8 Å². The van der Waals surface area contributed by atoms with Crippen LogP contribution >= 0.6 is 0 Å². The van der Waals surface area contributed by atoms with Gasteiger partial charge in [-0.1, -0.05) is 12.1 Å². The molecule has 1 N–H and O–H groups in total. The number of phenolic OH excluding ortho intramolecular Hbond substituents is 1. The Morgan fingerprint density at radius 3 is 2.76 bits per heavy atom. The molecular weight excluding hydrogens is 217 g/mol. The number of aromatic hydroxyl groups is 1. The van der Waals surface area contributed by atoms with Gasteiger partial charge in [-0.2, -0.15) is 0 Å². The maximum atomic E-state index is 13.0. The molecule has 2 aromatic carbocycles. The second-order valence-corrected chi connectivity index (χ2v) is 3.80. The first-order valence-electron chi connectivity index (χ1n) is 5.24. The van der Waals surface area contributed by atoms with E-state index in [0.29, 0.717) is 5.56 Å². The van der Waals surface area contributed by atoms with E-state index in [4.69, 9.17) is 0 Å². The largest absolute Gasteiger partial charge is 0.507 e. The number of phenols is 1. The molecular formula is C14H12FNO. The van der Waals surface area contributed by atoms with Gasteiger partial charge in [0.2, 0.25) is 0 Å². The van der Waals surface area contributed by atoms with E-state index in [9.17, 15) is 9.50 Å². The van der Waals surface area contributed by atoms with Gasteiger partial charge in [0.05, 0.1) is 5.69 Å². The molecule has 17 heavy (non-hydrogen) atoms. The zero-order valence-corrected chi connectivity index (χ0v) is 9.39. The normalized spacial score (nSPS) is 10.9. The van der Waals surface area contributed by atoms with Crippen molar-refractivity contribution < 1.29 is 9.50 Å². The maximum absolute atomic E-state index is 13.0. The Morgan fingerprint density at radius 2 is 2.00 bits per heavy atom. The van der Waals surface area contributed by atoms with Crippen molar-refractivity contribution in [2.45, 2.75) is 6.92 Å². The first-order valence-corrected chi connectivity index (χ1v) is 5.24. The van der Waals surface area contributed by atoms with Crippen molar-refractivity contribution >= 4 is 11.9 Å². The fourth-order valence-corrected chi connectivity index (χ4v) is 1.48. The number of benzene rings is 2. The summed E-state index contributed by atoms with van der Waals surface area (Å²) >= 11 is 0. The number of halogens is 1. The molecule has 0 unspecified atom stereocenters. The van der Waals surface area contributed by atoms with Crippen LogP contribution in [0.15, 0.2) is 47.5 Å². The predicted octanol–water partition coefficient (Wildman–Crippen LogP) is 3.59. The lowest BCUT2D eigenvalue weighted by Crippen LogP contribution is -1.84. The molecule has 0 bridgehead atoms. The smallest absolute Gasteiger partial charge is 0.124 e. The third-order valence-corrected chi connectivity index (χ3v) is 2.34. The molecule has 0 saturated heterocycles. The van der Waals surface area contributed by atoms with E-state index in [1.54, 1.807) is 0 Å². The van der Waals surface area contributed by atoms with E-state index < -0.39 is 5.82 Å². The molecule has 0 spiro atoms. The van der Waals surface area contributed by atoms with Gasteiger partial charge in [-0.25, -0.2) is 4.39 Å². The maximum Gasteiger partial charge on any atom is 0.124 e. The van der Waals surface area contributed by atoms with E-state index in [1.165, 1.54) is 24.4 Å². The summed E-state index contributed by atoms with van der Waals surface area (Å²) in [5.41, 5.74) is 2.24.